The molecule has 1 aliphatic rings. The molecule has 2 N–H and O–H groups in total. The molecule has 0 bridgehead atoms. The summed E-state index contributed by atoms with van der Waals surface area (Å²) in [5.41, 5.74) is -0.0337. The Balaban J connectivity index is 2.56. The van der Waals surface area contributed by atoms with Gasteiger partial charge in [0.2, 0.25) is 5.91 Å². The number of rotatable bonds is 6. The predicted molar refractivity (Wildman–Crippen MR) is 79.4 cm³/mol. The van der Waals surface area contributed by atoms with Gasteiger partial charge in [-0.25, -0.2) is 0 Å². The van der Waals surface area contributed by atoms with Gasteiger partial charge in [0, 0.05) is 18.9 Å². The molecule has 0 saturated heterocycles. The van der Waals surface area contributed by atoms with E-state index in [1.807, 2.05) is 20.8 Å². The van der Waals surface area contributed by atoms with Crippen LogP contribution in [-0.4, -0.2) is 23.0 Å². The van der Waals surface area contributed by atoms with Crippen molar-refractivity contribution in [2.75, 3.05) is 0 Å². The molecule has 0 heterocycles. The maximum absolute atomic E-state index is 12.1. The third kappa shape index (κ3) is 6.92. The summed E-state index contributed by atoms with van der Waals surface area (Å²) < 4.78 is 0. The number of carboxylic acids is 1. The Hall–Kier alpha value is -1.06. The second-order valence-corrected chi connectivity index (χ2v) is 7.24. The van der Waals surface area contributed by atoms with Gasteiger partial charge in [-0.05, 0) is 30.6 Å². The molecule has 116 valence electrons. The summed E-state index contributed by atoms with van der Waals surface area (Å²) in [5.74, 6) is -0.277. The second-order valence-electron chi connectivity index (χ2n) is 7.24. The number of amides is 1. The maximum Gasteiger partial charge on any atom is 0.303 e. The molecule has 1 amide bonds. The van der Waals surface area contributed by atoms with Crippen LogP contribution in [0.3, 0.4) is 0 Å². The van der Waals surface area contributed by atoms with Gasteiger partial charge in [-0.2, -0.15) is 0 Å². The van der Waals surface area contributed by atoms with Gasteiger partial charge in [0.1, 0.15) is 0 Å². The first kappa shape index (κ1) is 17.0. The number of hydrogen-bond donors (Lipinski definition) is 2. The first-order valence-corrected chi connectivity index (χ1v) is 7.79. The molecule has 4 heteroatoms. The summed E-state index contributed by atoms with van der Waals surface area (Å²) in [5, 5.41) is 12.0. The number of aliphatic carboxylic acids is 1. The Morgan fingerprint density at radius 2 is 1.80 bits per heavy atom. The highest BCUT2D eigenvalue weighted by atomic mass is 16.4. The summed E-state index contributed by atoms with van der Waals surface area (Å²) in [6, 6.07) is 0.0289. The van der Waals surface area contributed by atoms with Crippen molar-refractivity contribution >= 4 is 11.9 Å². The fraction of sp³-hybridized carbons (Fsp3) is 0.875. The third-order valence-corrected chi connectivity index (χ3v) is 3.93. The molecule has 0 unspecified atom stereocenters. The van der Waals surface area contributed by atoms with E-state index in [0.29, 0.717) is 18.8 Å². The zero-order valence-electron chi connectivity index (χ0n) is 13.1. The third-order valence-electron chi connectivity index (χ3n) is 3.93. The predicted octanol–water partition coefficient (Wildman–Crippen LogP) is 3.35. The highest BCUT2D eigenvalue weighted by Crippen LogP contribution is 2.29. The van der Waals surface area contributed by atoms with Gasteiger partial charge in [-0.3, -0.25) is 9.59 Å². The Kier molecular flexibility index (Phi) is 6.50. The van der Waals surface area contributed by atoms with Crippen LogP contribution < -0.4 is 5.32 Å². The molecule has 0 aromatic carbocycles. The topological polar surface area (TPSA) is 66.4 Å². The minimum Gasteiger partial charge on any atom is -0.481 e. The number of carboxylic acid groups (broad SMARTS) is 1. The van der Waals surface area contributed by atoms with Crippen LogP contribution in [0.4, 0.5) is 0 Å². The van der Waals surface area contributed by atoms with Gasteiger partial charge in [0.05, 0.1) is 0 Å². The van der Waals surface area contributed by atoms with Crippen LogP contribution in [0.5, 0.6) is 0 Å². The summed E-state index contributed by atoms with van der Waals surface area (Å²) in [6.45, 7) is 6.12. The number of hydrogen-bond acceptors (Lipinski definition) is 2. The maximum atomic E-state index is 12.1. The fourth-order valence-electron chi connectivity index (χ4n) is 2.98. The standard InChI is InChI=1S/C16H29NO3/c1-16(2,3)11-14(18)17-13(9-10-15(19)20)12-7-5-4-6-8-12/h12-13H,4-11H2,1-3H3,(H,17,18)(H,19,20)/t13-/m0/s1. The first-order valence-electron chi connectivity index (χ1n) is 7.79. The zero-order chi connectivity index (χ0) is 15.2. The molecule has 0 aliphatic heterocycles. The van der Waals surface area contributed by atoms with Crippen LogP contribution >= 0.6 is 0 Å². The molecule has 1 aliphatic carbocycles. The Bertz CT molecular complexity index is 327. The van der Waals surface area contributed by atoms with E-state index in [4.69, 9.17) is 5.11 Å². The lowest BCUT2D eigenvalue weighted by Crippen LogP contribution is -2.42. The van der Waals surface area contributed by atoms with Crippen molar-refractivity contribution in [1.82, 2.24) is 5.32 Å². The monoisotopic (exact) mass is 283 g/mol. The Morgan fingerprint density at radius 3 is 2.30 bits per heavy atom. The minimum atomic E-state index is -0.782. The molecular weight excluding hydrogens is 254 g/mol. The average molecular weight is 283 g/mol. The van der Waals surface area contributed by atoms with Crippen LogP contribution in [0.25, 0.3) is 0 Å². The van der Waals surface area contributed by atoms with Crippen LogP contribution in [0.15, 0.2) is 0 Å². The lowest BCUT2D eigenvalue weighted by molar-refractivity contribution is -0.137. The molecule has 0 aromatic heterocycles. The highest BCUT2D eigenvalue weighted by molar-refractivity contribution is 5.77. The fourth-order valence-corrected chi connectivity index (χ4v) is 2.98. The Morgan fingerprint density at radius 1 is 1.20 bits per heavy atom. The summed E-state index contributed by atoms with van der Waals surface area (Å²) in [7, 11) is 0. The second kappa shape index (κ2) is 7.65. The van der Waals surface area contributed by atoms with Gasteiger partial charge in [-0.1, -0.05) is 40.0 Å². The van der Waals surface area contributed by atoms with Crippen molar-refractivity contribution in [3.05, 3.63) is 0 Å². The van der Waals surface area contributed by atoms with E-state index < -0.39 is 5.97 Å². The van der Waals surface area contributed by atoms with E-state index in [1.165, 1.54) is 19.3 Å². The van der Waals surface area contributed by atoms with E-state index in [1.54, 1.807) is 0 Å². The summed E-state index contributed by atoms with van der Waals surface area (Å²) >= 11 is 0. The quantitative estimate of drug-likeness (QED) is 0.785. The van der Waals surface area contributed by atoms with Gasteiger partial charge in [0.15, 0.2) is 0 Å². The number of nitrogens with one attached hydrogen (secondary N) is 1. The van der Waals surface area contributed by atoms with Crippen LogP contribution in [0.1, 0.15) is 72.1 Å². The van der Waals surface area contributed by atoms with Gasteiger partial charge < -0.3 is 10.4 Å². The van der Waals surface area contributed by atoms with Gasteiger partial charge >= 0.3 is 5.97 Å². The number of carbonyl (C=O) groups is 2. The van der Waals surface area contributed by atoms with Crippen molar-refractivity contribution in [2.45, 2.75) is 78.2 Å². The average Bonchev–Trinajstić information content (AvgIpc) is 2.33. The normalized spacial score (nSPS) is 18.6. The largest absolute Gasteiger partial charge is 0.481 e. The Labute approximate surface area is 122 Å². The van der Waals surface area contributed by atoms with Crippen molar-refractivity contribution in [3.8, 4) is 0 Å². The molecule has 1 rings (SSSR count). The SMILES string of the molecule is CC(C)(C)CC(=O)N[C@@H](CCC(=O)O)C1CCCCC1. The summed E-state index contributed by atoms with van der Waals surface area (Å²) in [4.78, 5) is 22.9. The van der Waals surface area contributed by atoms with Gasteiger partial charge in [-0.15, -0.1) is 0 Å². The molecular formula is C16H29NO3. The smallest absolute Gasteiger partial charge is 0.303 e. The zero-order valence-corrected chi connectivity index (χ0v) is 13.1. The molecule has 0 aromatic rings. The minimum absolute atomic E-state index is 0.0289. The molecule has 1 fully saturated rings. The first-order chi connectivity index (χ1) is 9.28. The van der Waals surface area contributed by atoms with Crippen LogP contribution in [0.2, 0.25) is 0 Å². The lowest BCUT2D eigenvalue weighted by Gasteiger charge is -2.31. The van der Waals surface area contributed by atoms with Crippen molar-refractivity contribution < 1.29 is 14.7 Å². The van der Waals surface area contributed by atoms with E-state index in [2.05, 4.69) is 5.32 Å². The van der Waals surface area contributed by atoms with Crippen LogP contribution in [-0.2, 0) is 9.59 Å². The molecule has 20 heavy (non-hydrogen) atoms. The van der Waals surface area contributed by atoms with E-state index in [9.17, 15) is 9.59 Å². The lowest BCUT2D eigenvalue weighted by atomic mass is 9.82. The molecule has 0 radical (unpaired) electrons. The van der Waals surface area contributed by atoms with E-state index in [-0.39, 0.29) is 23.8 Å². The van der Waals surface area contributed by atoms with Crippen molar-refractivity contribution in [1.29, 1.82) is 0 Å². The molecule has 0 spiro atoms. The molecule has 1 saturated carbocycles. The van der Waals surface area contributed by atoms with Crippen molar-refractivity contribution in [3.63, 3.8) is 0 Å². The van der Waals surface area contributed by atoms with Crippen molar-refractivity contribution in [2.24, 2.45) is 11.3 Å². The highest BCUT2D eigenvalue weighted by Gasteiger charge is 2.26. The van der Waals surface area contributed by atoms with Crippen LogP contribution in [0, 0.1) is 11.3 Å². The number of carbonyl (C=O) groups excluding carboxylic acids is 1. The van der Waals surface area contributed by atoms with E-state index in [0.717, 1.165) is 12.8 Å². The molecule has 4 nitrogen and oxygen atoms in total. The summed E-state index contributed by atoms with van der Waals surface area (Å²) in [6.07, 6.45) is 7.06. The van der Waals surface area contributed by atoms with E-state index >= 15 is 0 Å². The molecule has 1 atom stereocenters. The van der Waals surface area contributed by atoms with Gasteiger partial charge in [0.25, 0.3) is 0 Å².